The first-order valence-electron chi connectivity index (χ1n) is 8.07. The smallest absolute Gasteiger partial charge is 0.232 e. The molecule has 2 aromatic carbocycles. The third kappa shape index (κ3) is 5.01. The maximum absolute atomic E-state index is 12.3. The van der Waals surface area contributed by atoms with Crippen LogP contribution in [-0.4, -0.2) is 26.2 Å². The van der Waals surface area contributed by atoms with Gasteiger partial charge in [0.25, 0.3) is 0 Å². The quantitative estimate of drug-likeness (QED) is 0.748. The largest absolute Gasteiger partial charge is 0.490 e. The van der Waals surface area contributed by atoms with E-state index in [9.17, 15) is 4.79 Å². The molecule has 0 N–H and O–H groups in total. The minimum Gasteiger partial charge on any atom is -0.490 e. The van der Waals surface area contributed by atoms with E-state index in [1.54, 1.807) is 11.9 Å². The van der Waals surface area contributed by atoms with Crippen LogP contribution in [0.25, 0.3) is 0 Å². The minimum atomic E-state index is -0.404. The van der Waals surface area contributed by atoms with Gasteiger partial charge in [-0.05, 0) is 36.4 Å². The van der Waals surface area contributed by atoms with E-state index in [-0.39, 0.29) is 5.91 Å². The highest BCUT2D eigenvalue weighted by atomic mass is 16.5. The van der Waals surface area contributed by atoms with Crippen LogP contribution in [0, 0.1) is 5.41 Å². The Morgan fingerprint density at radius 3 is 1.88 bits per heavy atom. The Labute approximate surface area is 144 Å². The van der Waals surface area contributed by atoms with E-state index in [1.165, 1.54) is 0 Å². The van der Waals surface area contributed by atoms with Gasteiger partial charge in [0.1, 0.15) is 24.7 Å². The van der Waals surface area contributed by atoms with Crippen LogP contribution in [0.4, 0.5) is 5.69 Å². The average molecular weight is 327 g/mol. The van der Waals surface area contributed by atoms with Crippen LogP contribution in [0.15, 0.2) is 54.6 Å². The molecule has 0 atom stereocenters. The highest BCUT2D eigenvalue weighted by molar-refractivity contribution is 5.96. The number of para-hydroxylation sites is 1. The third-order valence-electron chi connectivity index (χ3n) is 3.53. The van der Waals surface area contributed by atoms with Crippen LogP contribution in [0.1, 0.15) is 20.8 Å². The Bertz CT molecular complexity index is 645. The van der Waals surface area contributed by atoms with Crippen molar-refractivity contribution >= 4 is 11.6 Å². The molecule has 0 aliphatic carbocycles. The van der Waals surface area contributed by atoms with Crippen LogP contribution in [0.5, 0.6) is 11.5 Å². The first-order valence-corrected chi connectivity index (χ1v) is 8.07. The molecule has 0 aromatic heterocycles. The molecule has 2 aromatic rings. The van der Waals surface area contributed by atoms with Crippen molar-refractivity contribution in [2.45, 2.75) is 20.8 Å². The van der Waals surface area contributed by atoms with Crippen LogP contribution in [0.3, 0.4) is 0 Å². The zero-order chi connectivity index (χ0) is 17.6. The van der Waals surface area contributed by atoms with Gasteiger partial charge in [0, 0.05) is 18.2 Å². The van der Waals surface area contributed by atoms with Gasteiger partial charge >= 0.3 is 0 Å². The lowest BCUT2D eigenvalue weighted by molar-refractivity contribution is -0.125. The highest BCUT2D eigenvalue weighted by Gasteiger charge is 2.25. The molecule has 0 saturated heterocycles. The molecule has 24 heavy (non-hydrogen) atoms. The number of rotatable bonds is 6. The summed E-state index contributed by atoms with van der Waals surface area (Å²) in [5, 5.41) is 0. The summed E-state index contributed by atoms with van der Waals surface area (Å²) in [4.78, 5) is 13.9. The number of ether oxygens (including phenoxy) is 2. The van der Waals surface area contributed by atoms with Gasteiger partial charge in [-0.1, -0.05) is 39.0 Å². The molecule has 0 aliphatic heterocycles. The molecule has 0 heterocycles. The first-order chi connectivity index (χ1) is 11.4. The van der Waals surface area contributed by atoms with Crippen molar-refractivity contribution in [1.82, 2.24) is 0 Å². The Hall–Kier alpha value is -2.49. The van der Waals surface area contributed by atoms with Crippen LogP contribution in [-0.2, 0) is 4.79 Å². The SMILES string of the molecule is CN(C(=O)C(C)(C)C)c1ccc(OCCOc2ccccc2)cc1. The van der Waals surface area contributed by atoms with Gasteiger partial charge in [0.15, 0.2) is 0 Å². The van der Waals surface area contributed by atoms with E-state index in [1.807, 2.05) is 75.4 Å². The van der Waals surface area contributed by atoms with E-state index >= 15 is 0 Å². The predicted molar refractivity (Wildman–Crippen MR) is 96.7 cm³/mol. The first kappa shape index (κ1) is 17.9. The molecule has 0 fully saturated rings. The zero-order valence-electron chi connectivity index (χ0n) is 14.8. The Kier molecular flexibility index (Phi) is 5.85. The monoisotopic (exact) mass is 327 g/mol. The molecule has 0 saturated carbocycles. The Morgan fingerprint density at radius 1 is 0.875 bits per heavy atom. The van der Waals surface area contributed by atoms with Crippen LogP contribution >= 0.6 is 0 Å². The van der Waals surface area contributed by atoms with Crippen molar-refractivity contribution in [1.29, 1.82) is 0 Å². The standard InChI is InChI=1S/C20H25NO3/c1-20(2,3)19(22)21(4)16-10-12-18(13-11-16)24-15-14-23-17-8-6-5-7-9-17/h5-13H,14-15H2,1-4H3. The molecular formula is C20H25NO3. The van der Waals surface area contributed by atoms with Crippen molar-refractivity contribution in [3.8, 4) is 11.5 Å². The average Bonchev–Trinajstić information content (AvgIpc) is 2.58. The second-order valence-corrected chi connectivity index (χ2v) is 6.62. The summed E-state index contributed by atoms with van der Waals surface area (Å²) >= 11 is 0. The molecule has 0 radical (unpaired) electrons. The second-order valence-electron chi connectivity index (χ2n) is 6.62. The number of hydrogen-bond donors (Lipinski definition) is 0. The fourth-order valence-electron chi connectivity index (χ4n) is 2.22. The summed E-state index contributed by atoms with van der Waals surface area (Å²) < 4.78 is 11.2. The fourth-order valence-corrected chi connectivity index (χ4v) is 2.22. The molecule has 2 rings (SSSR count). The number of carbonyl (C=O) groups excluding carboxylic acids is 1. The lowest BCUT2D eigenvalue weighted by atomic mass is 9.95. The van der Waals surface area contributed by atoms with E-state index in [0.29, 0.717) is 13.2 Å². The number of amides is 1. The number of anilines is 1. The Morgan fingerprint density at radius 2 is 1.38 bits per heavy atom. The van der Waals surface area contributed by atoms with Gasteiger partial charge in [-0.2, -0.15) is 0 Å². The molecular weight excluding hydrogens is 302 g/mol. The van der Waals surface area contributed by atoms with Gasteiger partial charge in [-0.15, -0.1) is 0 Å². The van der Waals surface area contributed by atoms with Crippen molar-refractivity contribution in [3.05, 3.63) is 54.6 Å². The van der Waals surface area contributed by atoms with Crippen LogP contribution in [0.2, 0.25) is 0 Å². The lowest BCUT2D eigenvalue weighted by Gasteiger charge is -2.26. The normalized spacial score (nSPS) is 11.0. The molecule has 4 nitrogen and oxygen atoms in total. The molecule has 1 amide bonds. The Balaban J connectivity index is 1.83. The van der Waals surface area contributed by atoms with Gasteiger partial charge < -0.3 is 14.4 Å². The molecule has 0 spiro atoms. The third-order valence-corrected chi connectivity index (χ3v) is 3.53. The summed E-state index contributed by atoms with van der Waals surface area (Å²) in [5.74, 6) is 1.67. The van der Waals surface area contributed by atoms with E-state index in [4.69, 9.17) is 9.47 Å². The lowest BCUT2D eigenvalue weighted by Crippen LogP contribution is -2.36. The minimum absolute atomic E-state index is 0.0763. The zero-order valence-corrected chi connectivity index (χ0v) is 14.8. The number of hydrogen-bond acceptors (Lipinski definition) is 3. The van der Waals surface area contributed by atoms with Gasteiger partial charge in [-0.3, -0.25) is 4.79 Å². The van der Waals surface area contributed by atoms with E-state index in [2.05, 4.69) is 0 Å². The van der Waals surface area contributed by atoms with Gasteiger partial charge in [-0.25, -0.2) is 0 Å². The van der Waals surface area contributed by atoms with E-state index < -0.39 is 5.41 Å². The second kappa shape index (κ2) is 7.86. The van der Waals surface area contributed by atoms with Gasteiger partial charge in [0.05, 0.1) is 0 Å². The maximum atomic E-state index is 12.3. The molecule has 4 heteroatoms. The number of nitrogens with zero attached hydrogens (tertiary/aromatic N) is 1. The molecule has 0 unspecified atom stereocenters. The summed E-state index contributed by atoms with van der Waals surface area (Å²) in [6, 6.07) is 17.2. The summed E-state index contributed by atoms with van der Waals surface area (Å²) in [7, 11) is 1.79. The number of benzene rings is 2. The summed E-state index contributed by atoms with van der Waals surface area (Å²) in [6.07, 6.45) is 0. The summed E-state index contributed by atoms with van der Waals surface area (Å²) in [5.41, 5.74) is 0.446. The topological polar surface area (TPSA) is 38.8 Å². The number of carbonyl (C=O) groups is 1. The molecule has 0 aliphatic rings. The van der Waals surface area contributed by atoms with Crippen molar-refractivity contribution in [3.63, 3.8) is 0 Å². The molecule has 128 valence electrons. The maximum Gasteiger partial charge on any atom is 0.232 e. The van der Waals surface area contributed by atoms with E-state index in [0.717, 1.165) is 17.2 Å². The van der Waals surface area contributed by atoms with Crippen LogP contribution < -0.4 is 14.4 Å². The van der Waals surface area contributed by atoms with Crippen molar-refractivity contribution in [2.24, 2.45) is 5.41 Å². The van der Waals surface area contributed by atoms with Crippen molar-refractivity contribution < 1.29 is 14.3 Å². The molecule has 0 bridgehead atoms. The predicted octanol–water partition coefficient (Wildman–Crippen LogP) is 4.15. The van der Waals surface area contributed by atoms with Gasteiger partial charge in [0.2, 0.25) is 5.91 Å². The fraction of sp³-hybridized carbons (Fsp3) is 0.350. The highest BCUT2D eigenvalue weighted by Crippen LogP contribution is 2.24. The summed E-state index contributed by atoms with van der Waals surface area (Å²) in [6.45, 7) is 6.68. The van der Waals surface area contributed by atoms with Crippen molar-refractivity contribution in [2.75, 3.05) is 25.2 Å².